The van der Waals surface area contributed by atoms with Crippen molar-refractivity contribution in [2.45, 2.75) is 26.8 Å². The van der Waals surface area contributed by atoms with Gasteiger partial charge in [-0.25, -0.2) is 0 Å². The van der Waals surface area contributed by atoms with Crippen molar-refractivity contribution in [3.63, 3.8) is 0 Å². The van der Waals surface area contributed by atoms with E-state index in [-0.39, 0.29) is 11.3 Å². The number of Topliss-reactive ketones (excluding diaryl/α,β-unsaturated/α-hetero) is 1. The first kappa shape index (κ1) is 24.8. The van der Waals surface area contributed by atoms with Crippen LogP contribution in [0.4, 0.5) is 0 Å². The van der Waals surface area contributed by atoms with Gasteiger partial charge >= 0.3 is 0 Å². The van der Waals surface area contributed by atoms with Crippen LogP contribution in [0.2, 0.25) is 5.02 Å². The van der Waals surface area contributed by atoms with E-state index in [1.807, 2.05) is 32.0 Å². The number of likely N-dealkylation sites (tertiary alicyclic amines) is 1. The number of carbonyl (C=O) groups excluding carboxylic acids is 2. The second-order valence-corrected chi connectivity index (χ2v) is 9.47. The van der Waals surface area contributed by atoms with Crippen LogP contribution < -0.4 is 4.74 Å². The first-order chi connectivity index (χ1) is 15.6. The lowest BCUT2D eigenvalue weighted by Gasteiger charge is -2.26. The SMILES string of the molecule is Cc1cc(OCC(C)C)ccc1C(O)=C1C(=O)C(=O)N(CCN(C)C)[C@@H]1c1ccc(Cl)cc1. The molecule has 1 aliphatic rings. The van der Waals surface area contributed by atoms with E-state index in [2.05, 4.69) is 13.8 Å². The third-order valence-electron chi connectivity index (χ3n) is 5.55. The number of hydrogen-bond acceptors (Lipinski definition) is 5. The van der Waals surface area contributed by atoms with E-state index in [4.69, 9.17) is 16.3 Å². The van der Waals surface area contributed by atoms with Gasteiger partial charge < -0.3 is 19.6 Å². The van der Waals surface area contributed by atoms with Gasteiger partial charge in [0, 0.05) is 23.7 Å². The van der Waals surface area contributed by atoms with Crippen molar-refractivity contribution in [3.05, 3.63) is 69.8 Å². The molecule has 1 aliphatic heterocycles. The molecule has 0 aromatic heterocycles. The molecule has 0 aliphatic carbocycles. The number of carbonyl (C=O) groups is 2. The Morgan fingerprint density at radius 3 is 2.39 bits per heavy atom. The van der Waals surface area contributed by atoms with Gasteiger partial charge in [-0.05, 0) is 68.4 Å². The summed E-state index contributed by atoms with van der Waals surface area (Å²) in [5.41, 5.74) is 2.05. The molecule has 1 fully saturated rings. The minimum Gasteiger partial charge on any atom is -0.507 e. The Kier molecular flexibility index (Phi) is 7.82. The van der Waals surface area contributed by atoms with Gasteiger partial charge in [0.05, 0.1) is 18.2 Å². The molecule has 0 unspecified atom stereocenters. The fourth-order valence-corrected chi connectivity index (χ4v) is 3.94. The molecule has 0 saturated carbocycles. The summed E-state index contributed by atoms with van der Waals surface area (Å²) in [6, 6.07) is 11.6. The average molecular weight is 471 g/mol. The van der Waals surface area contributed by atoms with Gasteiger partial charge in [-0.2, -0.15) is 0 Å². The Balaban J connectivity index is 2.07. The van der Waals surface area contributed by atoms with Gasteiger partial charge in [0.1, 0.15) is 11.5 Å². The Morgan fingerprint density at radius 1 is 1.15 bits per heavy atom. The van der Waals surface area contributed by atoms with Gasteiger partial charge in [0.15, 0.2) is 0 Å². The fourth-order valence-electron chi connectivity index (χ4n) is 3.81. The molecule has 7 heteroatoms. The fraction of sp³-hybridized carbons (Fsp3) is 0.385. The summed E-state index contributed by atoms with van der Waals surface area (Å²) in [7, 11) is 3.81. The number of aryl methyl sites for hydroxylation is 1. The third-order valence-corrected chi connectivity index (χ3v) is 5.80. The molecule has 2 aromatic rings. The van der Waals surface area contributed by atoms with E-state index < -0.39 is 17.7 Å². The lowest BCUT2D eigenvalue weighted by molar-refractivity contribution is -0.140. The standard InChI is InChI=1S/C26H31ClN2O4/c1-16(2)15-33-20-10-11-21(17(3)14-20)24(30)22-23(18-6-8-19(27)9-7-18)29(13-12-28(4)5)26(32)25(22)31/h6-11,14,16,23,30H,12-13,15H2,1-5H3/t23-/m1/s1. The Hall–Kier alpha value is -2.83. The van der Waals surface area contributed by atoms with Crippen LogP contribution in [0.5, 0.6) is 5.75 Å². The molecule has 1 heterocycles. The average Bonchev–Trinajstić information content (AvgIpc) is 3.01. The van der Waals surface area contributed by atoms with Crippen molar-refractivity contribution >= 4 is 29.1 Å². The lowest BCUT2D eigenvalue weighted by atomic mass is 9.94. The molecule has 1 amide bonds. The zero-order valence-corrected chi connectivity index (χ0v) is 20.5. The summed E-state index contributed by atoms with van der Waals surface area (Å²) in [6.07, 6.45) is 0. The van der Waals surface area contributed by atoms with Crippen molar-refractivity contribution in [3.8, 4) is 5.75 Å². The number of halogens is 1. The third kappa shape index (κ3) is 5.57. The summed E-state index contributed by atoms with van der Waals surface area (Å²) in [5.74, 6) is -0.415. The van der Waals surface area contributed by atoms with Gasteiger partial charge in [0.25, 0.3) is 11.7 Å². The van der Waals surface area contributed by atoms with Crippen LogP contribution in [0.3, 0.4) is 0 Å². The zero-order valence-electron chi connectivity index (χ0n) is 19.8. The normalized spacial score (nSPS) is 17.9. The van der Waals surface area contributed by atoms with E-state index >= 15 is 0 Å². The number of ether oxygens (including phenoxy) is 1. The largest absolute Gasteiger partial charge is 0.507 e. The number of amides is 1. The van der Waals surface area contributed by atoms with Crippen molar-refractivity contribution in [1.29, 1.82) is 0 Å². The molecule has 6 nitrogen and oxygen atoms in total. The molecule has 3 rings (SSSR count). The number of hydrogen-bond donors (Lipinski definition) is 1. The van der Waals surface area contributed by atoms with Gasteiger partial charge in [-0.3, -0.25) is 9.59 Å². The predicted octanol–water partition coefficient (Wildman–Crippen LogP) is 4.67. The van der Waals surface area contributed by atoms with Crippen molar-refractivity contribution < 1.29 is 19.4 Å². The molecule has 33 heavy (non-hydrogen) atoms. The van der Waals surface area contributed by atoms with E-state index in [9.17, 15) is 14.7 Å². The maximum atomic E-state index is 13.1. The molecule has 0 spiro atoms. The molecular weight excluding hydrogens is 440 g/mol. The quantitative estimate of drug-likeness (QED) is 0.345. The summed E-state index contributed by atoms with van der Waals surface area (Å²) in [5, 5.41) is 11.8. The maximum Gasteiger partial charge on any atom is 0.295 e. The second kappa shape index (κ2) is 10.4. The predicted molar refractivity (Wildman–Crippen MR) is 131 cm³/mol. The van der Waals surface area contributed by atoms with Crippen LogP contribution in [-0.4, -0.2) is 60.4 Å². The highest BCUT2D eigenvalue weighted by atomic mass is 35.5. The van der Waals surface area contributed by atoms with E-state index in [1.165, 1.54) is 4.90 Å². The minimum atomic E-state index is -0.696. The Morgan fingerprint density at radius 2 is 1.82 bits per heavy atom. The maximum absolute atomic E-state index is 13.1. The highest BCUT2D eigenvalue weighted by Gasteiger charge is 2.46. The Labute approximate surface area is 200 Å². The van der Waals surface area contributed by atoms with Crippen LogP contribution in [0.1, 0.15) is 36.6 Å². The van der Waals surface area contributed by atoms with Gasteiger partial charge in [-0.15, -0.1) is 0 Å². The van der Waals surface area contributed by atoms with Crippen LogP contribution >= 0.6 is 11.6 Å². The summed E-state index contributed by atoms with van der Waals surface area (Å²) < 4.78 is 5.78. The van der Waals surface area contributed by atoms with E-state index in [0.29, 0.717) is 47.5 Å². The number of nitrogens with zero attached hydrogens (tertiary/aromatic N) is 2. The van der Waals surface area contributed by atoms with Crippen LogP contribution in [0.15, 0.2) is 48.0 Å². The smallest absolute Gasteiger partial charge is 0.295 e. The van der Waals surface area contributed by atoms with Gasteiger partial charge in [0.2, 0.25) is 0 Å². The molecule has 1 N–H and O–H groups in total. The number of benzene rings is 2. The van der Waals surface area contributed by atoms with Crippen LogP contribution in [0.25, 0.3) is 5.76 Å². The van der Waals surface area contributed by atoms with Crippen molar-refractivity contribution in [2.75, 3.05) is 33.8 Å². The highest BCUT2D eigenvalue weighted by molar-refractivity contribution is 6.46. The number of aliphatic hydroxyl groups excluding tert-OH is 1. The lowest BCUT2D eigenvalue weighted by Crippen LogP contribution is -2.35. The van der Waals surface area contributed by atoms with Crippen molar-refractivity contribution in [1.82, 2.24) is 9.80 Å². The van der Waals surface area contributed by atoms with Crippen LogP contribution in [-0.2, 0) is 9.59 Å². The molecule has 0 radical (unpaired) electrons. The Bertz CT molecular complexity index is 1060. The number of rotatable bonds is 8. The first-order valence-corrected chi connectivity index (χ1v) is 11.4. The molecule has 2 aromatic carbocycles. The minimum absolute atomic E-state index is 0.0834. The van der Waals surface area contributed by atoms with E-state index in [1.54, 1.807) is 36.4 Å². The summed E-state index contributed by atoms with van der Waals surface area (Å²) >= 11 is 6.06. The molecule has 1 atom stereocenters. The van der Waals surface area contributed by atoms with Gasteiger partial charge in [-0.1, -0.05) is 37.6 Å². The number of ketones is 1. The molecule has 176 valence electrons. The topological polar surface area (TPSA) is 70.1 Å². The summed E-state index contributed by atoms with van der Waals surface area (Å²) in [4.78, 5) is 29.5. The monoisotopic (exact) mass is 470 g/mol. The zero-order chi connectivity index (χ0) is 24.3. The van der Waals surface area contributed by atoms with Crippen LogP contribution in [0, 0.1) is 12.8 Å². The molecule has 0 bridgehead atoms. The van der Waals surface area contributed by atoms with E-state index in [0.717, 1.165) is 5.56 Å². The molecular formula is C26H31ClN2O4. The molecule has 1 saturated heterocycles. The highest BCUT2D eigenvalue weighted by Crippen LogP contribution is 2.40. The van der Waals surface area contributed by atoms with Crippen molar-refractivity contribution in [2.24, 2.45) is 5.92 Å². The summed E-state index contributed by atoms with van der Waals surface area (Å²) in [6.45, 7) is 7.49. The first-order valence-electron chi connectivity index (χ1n) is 11.0. The second-order valence-electron chi connectivity index (χ2n) is 9.03. The number of likely N-dealkylation sites (N-methyl/N-ethyl adjacent to an activating group) is 1. The number of aliphatic hydroxyl groups is 1.